The minimum Gasteiger partial charge on any atom is -0.433 e. The minimum absolute atomic E-state index is 0.0493. The third-order valence-electron chi connectivity index (χ3n) is 6.64. The summed E-state index contributed by atoms with van der Waals surface area (Å²) in [4.78, 5) is 12.0. The van der Waals surface area contributed by atoms with Gasteiger partial charge in [-0.15, -0.1) is 0 Å². The van der Waals surface area contributed by atoms with E-state index in [4.69, 9.17) is 24.1 Å². The zero-order valence-corrected chi connectivity index (χ0v) is 20.8. The van der Waals surface area contributed by atoms with Crippen LogP contribution in [0.5, 0.6) is 0 Å². The molecule has 2 rings (SSSR count). The molecule has 0 radical (unpaired) electrons. The molecule has 0 amide bonds. The van der Waals surface area contributed by atoms with Crippen molar-refractivity contribution < 1.29 is 54.4 Å². The second-order valence-corrected chi connectivity index (χ2v) is 9.73. The van der Waals surface area contributed by atoms with Crippen molar-refractivity contribution in [1.29, 1.82) is 0 Å². The van der Waals surface area contributed by atoms with Crippen molar-refractivity contribution in [3.63, 3.8) is 0 Å². The van der Waals surface area contributed by atoms with E-state index >= 15 is 0 Å². The molecule has 11 heteroatoms. The van der Waals surface area contributed by atoms with Gasteiger partial charge >= 0.3 is 5.97 Å². The molecule has 0 aliphatic carbocycles. The smallest absolute Gasteiger partial charge is 0.308 e. The number of rotatable bonds is 14. The van der Waals surface area contributed by atoms with Crippen molar-refractivity contribution in [3.8, 4) is 0 Å². The Hall–Kier alpha value is -0.890. The number of unbranched alkanes of at least 4 members (excludes halogenated alkanes) is 6. The van der Waals surface area contributed by atoms with Gasteiger partial charge in [-0.05, 0) is 26.7 Å². The minimum atomic E-state index is -1.58. The highest BCUT2D eigenvalue weighted by molar-refractivity contribution is 5.69. The van der Waals surface area contributed by atoms with Crippen molar-refractivity contribution in [2.24, 2.45) is 0 Å². The summed E-state index contributed by atoms with van der Waals surface area (Å²) >= 11 is 0. The third kappa shape index (κ3) is 9.83. The molecule has 6 N–H and O–H groups in total. The Kier molecular flexibility index (Phi) is 13.3. The highest BCUT2D eigenvalue weighted by atomic mass is 16.7. The highest BCUT2D eigenvalue weighted by Crippen LogP contribution is 2.24. The van der Waals surface area contributed by atoms with Crippen LogP contribution in [0, 0.1) is 0 Å². The predicted molar refractivity (Wildman–Crippen MR) is 123 cm³/mol. The number of carbonyl (C=O) groups excluding carboxylic acids is 1. The fourth-order valence-electron chi connectivity index (χ4n) is 4.30. The molecular formula is C24H44O11. The Balaban J connectivity index is 1.47. The van der Waals surface area contributed by atoms with E-state index in [9.17, 15) is 30.3 Å². The monoisotopic (exact) mass is 508 g/mol. The number of hydrogen-bond acceptors (Lipinski definition) is 11. The van der Waals surface area contributed by atoms with Crippen molar-refractivity contribution in [2.75, 3.05) is 6.61 Å². The first kappa shape index (κ1) is 30.3. The Labute approximate surface area is 207 Å². The number of esters is 1. The Morgan fingerprint density at radius 3 is 2.14 bits per heavy atom. The van der Waals surface area contributed by atoms with E-state index in [1.54, 1.807) is 6.92 Å². The first-order valence-corrected chi connectivity index (χ1v) is 12.8. The fraction of sp³-hybridized carbons (Fsp3) is 0.958. The van der Waals surface area contributed by atoms with Crippen molar-refractivity contribution in [1.82, 2.24) is 0 Å². The zero-order chi connectivity index (χ0) is 26.0. The van der Waals surface area contributed by atoms with E-state index in [0.717, 1.165) is 44.9 Å². The van der Waals surface area contributed by atoms with Gasteiger partial charge in [0.05, 0.1) is 24.9 Å². The lowest BCUT2D eigenvalue weighted by Crippen LogP contribution is -2.59. The number of hydrogen-bond donors (Lipinski definition) is 6. The molecule has 2 aliphatic rings. The summed E-state index contributed by atoms with van der Waals surface area (Å²) in [5, 5.41) is 58.3. The molecule has 2 aliphatic heterocycles. The highest BCUT2D eigenvalue weighted by Gasteiger charge is 2.45. The summed E-state index contributed by atoms with van der Waals surface area (Å²) in [6, 6.07) is 0. The average molecular weight is 509 g/mol. The molecule has 35 heavy (non-hydrogen) atoms. The molecule has 0 aromatic carbocycles. The van der Waals surface area contributed by atoms with Gasteiger partial charge in [-0.25, -0.2) is 0 Å². The van der Waals surface area contributed by atoms with Gasteiger partial charge in [-0.1, -0.05) is 38.5 Å². The van der Waals surface area contributed by atoms with Crippen molar-refractivity contribution >= 4 is 5.97 Å². The molecule has 0 aromatic rings. The first-order chi connectivity index (χ1) is 16.6. The van der Waals surface area contributed by atoms with Crippen molar-refractivity contribution in [3.05, 3.63) is 0 Å². The van der Waals surface area contributed by atoms with E-state index in [1.807, 2.05) is 6.92 Å². The molecule has 0 aromatic heterocycles. The largest absolute Gasteiger partial charge is 0.433 e. The van der Waals surface area contributed by atoms with Crippen LogP contribution < -0.4 is 0 Å². The first-order valence-electron chi connectivity index (χ1n) is 12.8. The maximum absolute atomic E-state index is 12.0. The molecular weight excluding hydrogens is 464 g/mol. The standard InChI is InChI=1S/C24H44O11/c1-14(32-23-17(27)12-16(26)15(2)33-23)10-8-6-4-3-5-7-9-11-19(28)35-24-22(31)21(30)20(29)18(13-25)34-24/h14-18,20-27,29-31H,3-13H2,1-2H3/t14-,15+,16-,17-,18-,20-,21+,22-,23-,24+/m1/s1. The van der Waals surface area contributed by atoms with Gasteiger partial charge in [-0.3, -0.25) is 4.79 Å². The summed E-state index contributed by atoms with van der Waals surface area (Å²) in [6.45, 7) is 3.14. The number of aliphatic hydroxyl groups is 6. The van der Waals surface area contributed by atoms with Crippen LogP contribution in [0.1, 0.15) is 78.1 Å². The lowest BCUT2D eigenvalue weighted by atomic mass is 9.99. The third-order valence-corrected chi connectivity index (χ3v) is 6.64. The predicted octanol–water partition coefficient (Wildman–Crippen LogP) is 0.102. The molecule has 0 bridgehead atoms. The molecule has 2 saturated heterocycles. The van der Waals surface area contributed by atoms with Gasteiger partial charge < -0.3 is 49.6 Å². The Morgan fingerprint density at radius 1 is 0.857 bits per heavy atom. The van der Waals surface area contributed by atoms with Crippen LogP contribution in [0.4, 0.5) is 0 Å². The zero-order valence-electron chi connectivity index (χ0n) is 20.8. The number of carbonyl (C=O) groups is 1. The van der Waals surface area contributed by atoms with Gasteiger partial charge in [0, 0.05) is 12.8 Å². The normalized spacial score (nSPS) is 36.6. The van der Waals surface area contributed by atoms with E-state index in [1.165, 1.54) is 0 Å². The maximum atomic E-state index is 12.0. The summed E-state index contributed by atoms with van der Waals surface area (Å²) in [5.74, 6) is -0.570. The van der Waals surface area contributed by atoms with E-state index in [-0.39, 0.29) is 25.0 Å². The maximum Gasteiger partial charge on any atom is 0.308 e. The molecule has 206 valence electrons. The molecule has 2 heterocycles. The van der Waals surface area contributed by atoms with Gasteiger partial charge in [-0.2, -0.15) is 0 Å². The van der Waals surface area contributed by atoms with Crippen LogP contribution in [0.3, 0.4) is 0 Å². The average Bonchev–Trinajstić information content (AvgIpc) is 2.81. The fourth-order valence-corrected chi connectivity index (χ4v) is 4.30. The Morgan fingerprint density at radius 2 is 1.49 bits per heavy atom. The topological polar surface area (TPSA) is 175 Å². The second-order valence-electron chi connectivity index (χ2n) is 9.73. The molecule has 2 fully saturated rings. The second kappa shape index (κ2) is 15.4. The van der Waals surface area contributed by atoms with Crippen LogP contribution in [0.15, 0.2) is 0 Å². The molecule has 0 unspecified atom stereocenters. The van der Waals surface area contributed by atoms with Gasteiger partial charge in [0.25, 0.3) is 0 Å². The van der Waals surface area contributed by atoms with E-state index in [2.05, 4.69) is 0 Å². The number of ether oxygens (including phenoxy) is 4. The summed E-state index contributed by atoms with van der Waals surface area (Å²) in [7, 11) is 0. The molecule has 11 nitrogen and oxygen atoms in total. The molecule has 0 spiro atoms. The summed E-state index contributed by atoms with van der Waals surface area (Å²) in [5.41, 5.74) is 0. The van der Waals surface area contributed by atoms with Gasteiger partial charge in [0.15, 0.2) is 6.29 Å². The Bertz CT molecular complexity index is 604. The van der Waals surface area contributed by atoms with Crippen LogP contribution in [0.2, 0.25) is 0 Å². The molecule has 10 atom stereocenters. The number of aliphatic hydroxyl groups excluding tert-OH is 6. The lowest BCUT2D eigenvalue weighted by molar-refractivity contribution is -0.292. The van der Waals surface area contributed by atoms with Crippen LogP contribution in [0.25, 0.3) is 0 Å². The van der Waals surface area contributed by atoms with Crippen LogP contribution >= 0.6 is 0 Å². The van der Waals surface area contributed by atoms with E-state index < -0.39 is 61.8 Å². The van der Waals surface area contributed by atoms with Gasteiger partial charge in [0.2, 0.25) is 6.29 Å². The van der Waals surface area contributed by atoms with E-state index in [0.29, 0.717) is 6.42 Å². The van der Waals surface area contributed by atoms with Crippen LogP contribution in [-0.4, -0.2) is 105 Å². The summed E-state index contributed by atoms with van der Waals surface area (Å²) in [6.07, 6.45) is -1.92. The quantitative estimate of drug-likeness (QED) is 0.139. The van der Waals surface area contributed by atoms with Crippen LogP contribution in [-0.2, 0) is 23.7 Å². The molecule has 0 saturated carbocycles. The lowest BCUT2D eigenvalue weighted by Gasteiger charge is -2.39. The summed E-state index contributed by atoms with van der Waals surface area (Å²) < 4.78 is 21.6. The SMILES string of the molecule is C[C@H](CCCCCCCCCC(=O)O[C@@H]1O[C@H](CO)[C@@H](O)[C@H](O)[C@H]1O)O[C@@H]1O[C@@H](C)[C@H](O)C[C@H]1O. The van der Waals surface area contributed by atoms with Gasteiger partial charge in [0.1, 0.15) is 30.5 Å². The van der Waals surface area contributed by atoms with Crippen molar-refractivity contribution in [2.45, 2.75) is 139 Å².